The first-order valence-corrected chi connectivity index (χ1v) is 6.65. The lowest BCUT2D eigenvalue weighted by molar-refractivity contribution is 0.151. The maximum atomic E-state index is 8.03. The van der Waals surface area contributed by atoms with Gasteiger partial charge in [-0.1, -0.05) is 55.4 Å². The van der Waals surface area contributed by atoms with E-state index in [2.05, 4.69) is 0 Å². The van der Waals surface area contributed by atoms with Crippen LogP contribution in [0.2, 0.25) is 0 Å². The van der Waals surface area contributed by atoms with Crippen molar-refractivity contribution in [1.29, 1.82) is 0 Å². The Labute approximate surface area is 103 Å². The lowest BCUT2D eigenvalue weighted by atomic mass is 10.3. The second-order valence-corrected chi connectivity index (χ2v) is 1.52. The van der Waals surface area contributed by atoms with Gasteiger partial charge in [-0.15, -0.1) is 0 Å². The van der Waals surface area contributed by atoms with E-state index in [1.165, 1.54) is 0 Å². The van der Waals surface area contributed by atoms with Crippen LogP contribution < -0.4 is 11.0 Å². The first-order chi connectivity index (χ1) is 7.91. The van der Waals surface area contributed by atoms with Crippen molar-refractivity contribution in [1.82, 2.24) is 11.0 Å². The predicted octanol–water partition coefficient (Wildman–Crippen LogP) is 3.83. The summed E-state index contributed by atoms with van der Waals surface area (Å²) in [6.45, 7) is 17.2. The Bertz CT molecular complexity index is 42.0. The van der Waals surface area contributed by atoms with Crippen LogP contribution in [0.1, 0.15) is 68.2 Å². The SMILES string of the molecule is CC.CC.CC.CC.ONCCCCNO. The molecule has 0 aromatic heterocycles. The van der Waals surface area contributed by atoms with Crippen molar-refractivity contribution in [2.45, 2.75) is 68.2 Å². The van der Waals surface area contributed by atoms with E-state index < -0.39 is 0 Å². The van der Waals surface area contributed by atoms with Crippen molar-refractivity contribution in [3.63, 3.8) is 0 Å². The van der Waals surface area contributed by atoms with Gasteiger partial charge < -0.3 is 10.4 Å². The molecule has 106 valence electrons. The fraction of sp³-hybridized carbons (Fsp3) is 1.00. The molecular weight excluding hydrogens is 204 g/mol. The molecule has 4 heteroatoms. The zero-order chi connectivity index (χ0) is 14.2. The van der Waals surface area contributed by atoms with Crippen LogP contribution in [0.15, 0.2) is 0 Å². The Kier molecular flexibility index (Phi) is 155. The maximum Gasteiger partial charge on any atom is 0.0207 e. The molecule has 0 bridgehead atoms. The lowest BCUT2D eigenvalue weighted by Gasteiger charge is -1.95. The van der Waals surface area contributed by atoms with E-state index in [0.717, 1.165) is 12.8 Å². The molecule has 0 aliphatic heterocycles. The van der Waals surface area contributed by atoms with Crippen molar-refractivity contribution in [2.24, 2.45) is 0 Å². The Morgan fingerprint density at radius 3 is 0.875 bits per heavy atom. The molecule has 0 unspecified atom stereocenters. The number of nitrogens with one attached hydrogen (secondary N) is 2. The van der Waals surface area contributed by atoms with Crippen LogP contribution >= 0.6 is 0 Å². The molecule has 0 aromatic rings. The molecule has 4 nitrogen and oxygen atoms in total. The summed E-state index contributed by atoms with van der Waals surface area (Å²) in [7, 11) is 0. The van der Waals surface area contributed by atoms with Gasteiger partial charge in [0.2, 0.25) is 0 Å². The van der Waals surface area contributed by atoms with Crippen LogP contribution in [-0.4, -0.2) is 23.5 Å². The third-order valence-electron chi connectivity index (χ3n) is 0.827. The highest BCUT2D eigenvalue weighted by molar-refractivity contribution is 4.40. The van der Waals surface area contributed by atoms with Crippen molar-refractivity contribution < 1.29 is 10.4 Å². The van der Waals surface area contributed by atoms with Gasteiger partial charge in [-0.2, -0.15) is 0 Å². The van der Waals surface area contributed by atoms with Crippen LogP contribution in [-0.2, 0) is 0 Å². The van der Waals surface area contributed by atoms with Gasteiger partial charge in [0.25, 0.3) is 0 Å². The summed E-state index contributed by atoms with van der Waals surface area (Å²) in [5.74, 6) is 0. The summed E-state index contributed by atoms with van der Waals surface area (Å²) in [5.41, 5.74) is 4.03. The van der Waals surface area contributed by atoms with E-state index in [4.69, 9.17) is 10.4 Å². The molecule has 16 heavy (non-hydrogen) atoms. The minimum atomic E-state index is 0.585. The molecule has 0 fully saturated rings. The molecule has 0 atom stereocenters. The number of rotatable bonds is 5. The first kappa shape index (κ1) is 29.7. The van der Waals surface area contributed by atoms with Crippen molar-refractivity contribution >= 4 is 0 Å². The fourth-order valence-corrected chi connectivity index (χ4v) is 0.408. The normalized spacial score (nSPS) is 6.38. The summed E-state index contributed by atoms with van der Waals surface area (Å²) in [4.78, 5) is 0. The predicted molar refractivity (Wildman–Crippen MR) is 74.2 cm³/mol. The van der Waals surface area contributed by atoms with Gasteiger partial charge in [0.15, 0.2) is 0 Å². The Morgan fingerprint density at radius 2 is 0.750 bits per heavy atom. The second-order valence-electron chi connectivity index (χ2n) is 1.52. The molecule has 0 saturated heterocycles. The average molecular weight is 240 g/mol. The molecule has 0 spiro atoms. The van der Waals surface area contributed by atoms with Crippen LogP contribution in [0.25, 0.3) is 0 Å². The first-order valence-electron chi connectivity index (χ1n) is 6.65. The van der Waals surface area contributed by atoms with Gasteiger partial charge in [-0.3, -0.25) is 0 Å². The highest BCUT2D eigenvalue weighted by Gasteiger charge is 1.83. The van der Waals surface area contributed by atoms with Crippen LogP contribution in [0.4, 0.5) is 0 Å². The van der Waals surface area contributed by atoms with Crippen LogP contribution in [0.5, 0.6) is 0 Å². The average Bonchev–Trinajstić information content (AvgIpc) is 2.44. The molecule has 0 saturated carbocycles. The van der Waals surface area contributed by atoms with E-state index in [1.807, 2.05) is 66.4 Å². The summed E-state index contributed by atoms with van der Waals surface area (Å²) in [6.07, 6.45) is 1.73. The van der Waals surface area contributed by atoms with E-state index in [-0.39, 0.29) is 0 Å². The molecule has 0 aliphatic rings. The third kappa shape index (κ3) is 97.4. The molecule has 0 rings (SSSR count). The highest BCUT2D eigenvalue weighted by atomic mass is 16.5. The van der Waals surface area contributed by atoms with E-state index in [9.17, 15) is 0 Å². The van der Waals surface area contributed by atoms with Crippen molar-refractivity contribution in [3.05, 3.63) is 0 Å². The number of unbranched alkanes of at least 4 members (excludes halogenated alkanes) is 1. The number of hydrogen-bond donors (Lipinski definition) is 4. The maximum absolute atomic E-state index is 8.03. The quantitative estimate of drug-likeness (QED) is 0.435. The van der Waals surface area contributed by atoms with Gasteiger partial charge in [-0.05, 0) is 12.8 Å². The van der Waals surface area contributed by atoms with Crippen molar-refractivity contribution in [2.75, 3.05) is 13.1 Å². The summed E-state index contributed by atoms with van der Waals surface area (Å²) in [6, 6.07) is 0. The molecule has 4 N–H and O–H groups in total. The summed E-state index contributed by atoms with van der Waals surface area (Å²) >= 11 is 0. The van der Waals surface area contributed by atoms with Crippen LogP contribution in [0.3, 0.4) is 0 Å². The van der Waals surface area contributed by atoms with E-state index >= 15 is 0 Å². The molecule has 0 heterocycles. The largest absolute Gasteiger partial charge is 0.317 e. The second kappa shape index (κ2) is 83.3. The minimum Gasteiger partial charge on any atom is -0.317 e. The molecular formula is C12H36N2O2. The highest BCUT2D eigenvalue weighted by Crippen LogP contribution is 1.81. The fourth-order valence-electron chi connectivity index (χ4n) is 0.408. The topological polar surface area (TPSA) is 64.5 Å². The Balaban J connectivity index is -0.0000000426. The number of hydrogen-bond acceptors (Lipinski definition) is 4. The molecule has 0 aromatic carbocycles. The van der Waals surface area contributed by atoms with Gasteiger partial charge in [0.05, 0.1) is 0 Å². The number of hydroxylamine groups is 2. The van der Waals surface area contributed by atoms with E-state index in [0.29, 0.717) is 13.1 Å². The van der Waals surface area contributed by atoms with E-state index in [1.54, 1.807) is 0 Å². The van der Waals surface area contributed by atoms with Gasteiger partial charge in [0.1, 0.15) is 0 Å². The lowest BCUT2D eigenvalue weighted by Crippen LogP contribution is -2.13. The van der Waals surface area contributed by atoms with Crippen LogP contribution in [0, 0.1) is 0 Å². The molecule has 0 radical (unpaired) electrons. The Morgan fingerprint density at radius 1 is 0.562 bits per heavy atom. The van der Waals surface area contributed by atoms with Gasteiger partial charge >= 0.3 is 0 Å². The molecule has 0 aliphatic carbocycles. The zero-order valence-corrected chi connectivity index (χ0v) is 12.7. The van der Waals surface area contributed by atoms with Crippen molar-refractivity contribution in [3.8, 4) is 0 Å². The smallest absolute Gasteiger partial charge is 0.0207 e. The minimum absolute atomic E-state index is 0.585. The van der Waals surface area contributed by atoms with Gasteiger partial charge in [-0.25, -0.2) is 11.0 Å². The summed E-state index contributed by atoms with van der Waals surface area (Å²) < 4.78 is 0. The monoisotopic (exact) mass is 240 g/mol. The molecule has 0 amide bonds. The standard InChI is InChI=1S/C4H12N2O2.4C2H6/c7-5-3-1-2-4-6-8;4*1-2/h5-8H,1-4H2;4*1-2H3. The summed E-state index contributed by atoms with van der Waals surface area (Å²) in [5, 5.41) is 16.1. The van der Waals surface area contributed by atoms with Gasteiger partial charge in [0, 0.05) is 13.1 Å². The third-order valence-corrected chi connectivity index (χ3v) is 0.827. The Hall–Kier alpha value is -0.160. The zero-order valence-electron chi connectivity index (χ0n) is 12.7.